The van der Waals surface area contributed by atoms with Crippen LogP contribution in [-0.2, 0) is 14.4 Å². The molecule has 4 atom stereocenters. The van der Waals surface area contributed by atoms with E-state index in [0.29, 0.717) is 0 Å². The van der Waals surface area contributed by atoms with Gasteiger partial charge in [0.2, 0.25) is 5.91 Å². The average Bonchev–Trinajstić information content (AvgIpc) is 2.77. The van der Waals surface area contributed by atoms with Crippen molar-refractivity contribution < 1.29 is 39.9 Å². The molecule has 1 fully saturated rings. The van der Waals surface area contributed by atoms with Gasteiger partial charge in [0.15, 0.2) is 5.78 Å². The topological polar surface area (TPSA) is 156 Å². The van der Waals surface area contributed by atoms with E-state index in [1.807, 2.05) is 0 Å². The molecule has 0 aromatic rings. The van der Waals surface area contributed by atoms with Crippen molar-refractivity contribution in [2.45, 2.75) is 37.2 Å². The lowest BCUT2D eigenvalue weighted by atomic mass is 10.0. The smallest absolute Gasteiger partial charge is 0.326 e. The Morgan fingerprint density at radius 2 is 1.90 bits per heavy atom. The quantitative estimate of drug-likeness (QED) is 0.327. The molecular formula is C11H17NO8. The van der Waals surface area contributed by atoms with Crippen LogP contribution in [0.5, 0.6) is 0 Å². The molecule has 0 saturated carbocycles. The van der Waals surface area contributed by atoms with Crippen LogP contribution in [0.4, 0.5) is 0 Å². The van der Waals surface area contributed by atoms with Crippen LogP contribution in [0, 0.1) is 0 Å². The molecule has 1 aliphatic rings. The normalized spacial score (nSPS) is 23.5. The Morgan fingerprint density at radius 3 is 2.40 bits per heavy atom. The van der Waals surface area contributed by atoms with Gasteiger partial charge in [0.1, 0.15) is 24.4 Å². The molecule has 5 N–H and O–H groups in total. The summed E-state index contributed by atoms with van der Waals surface area (Å²) in [5.74, 6) is -2.80. The van der Waals surface area contributed by atoms with Crippen molar-refractivity contribution in [1.29, 1.82) is 0 Å². The number of aliphatic hydroxyl groups is 4. The van der Waals surface area contributed by atoms with Crippen LogP contribution in [-0.4, -0.2) is 85.6 Å². The Labute approximate surface area is 114 Å². The molecule has 1 rings (SSSR count). The molecule has 20 heavy (non-hydrogen) atoms. The van der Waals surface area contributed by atoms with Crippen molar-refractivity contribution in [2.75, 3.05) is 13.2 Å². The van der Waals surface area contributed by atoms with Gasteiger partial charge >= 0.3 is 5.97 Å². The van der Waals surface area contributed by atoms with Crippen molar-refractivity contribution in [3.63, 3.8) is 0 Å². The third kappa shape index (κ3) is 3.51. The summed E-state index contributed by atoms with van der Waals surface area (Å²) in [6.07, 6.45) is -5.58. The van der Waals surface area contributed by atoms with Crippen LogP contribution in [0.15, 0.2) is 0 Å². The van der Waals surface area contributed by atoms with Gasteiger partial charge in [-0.25, -0.2) is 4.79 Å². The van der Waals surface area contributed by atoms with E-state index >= 15 is 0 Å². The number of hydrogen-bond acceptors (Lipinski definition) is 7. The number of aliphatic carboxylic acids is 1. The van der Waals surface area contributed by atoms with Crippen molar-refractivity contribution in [3.05, 3.63) is 0 Å². The predicted molar refractivity (Wildman–Crippen MR) is 62.5 cm³/mol. The SMILES string of the molecule is O=C(CN1C(=O)CC[C@H]1C(=O)O)C(O)C(O)C(O)CO. The molecule has 0 aromatic carbocycles. The van der Waals surface area contributed by atoms with Crippen molar-refractivity contribution >= 4 is 17.7 Å². The second-order valence-electron chi connectivity index (χ2n) is 4.57. The highest BCUT2D eigenvalue weighted by Crippen LogP contribution is 2.19. The number of hydrogen-bond donors (Lipinski definition) is 5. The minimum absolute atomic E-state index is 0.0117. The van der Waals surface area contributed by atoms with Gasteiger partial charge in [-0.2, -0.15) is 0 Å². The molecule has 9 heteroatoms. The number of Topliss-reactive ketones (excluding diaryl/α,β-unsaturated/α-hetero) is 1. The molecule has 1 heterocycles. The van der Waals surface area contributed by atoms with Gasteiger partial charge in [0.05, 0.1) is 13.2 Å². The molecular weight excluding hydrogens is 274 g/mol. The largest absolute Gasteiger partial charge is 0.480 e. The number of rotatable bonds is 7. The summed E-state index contributed by atoms with van der Waals surface area (Å²) in [6.45, 7) is -1.53. The summed E-state index contributed by atoms with van der Waals surface area (Å²) in [7, 11) is 0. The second-order valence-corrected chi connectivity index (χ2v) is 4.57. The molecule has 0 aliphatic carbocycles. The fourth-order valence-electron chi connectivity index (χ4n) is 1.96. The van der Waals surface area contributed by atoms with Crippen LogP contribution < -0.4 is 0 Å². The average molecular weight is 291 g/mol. The molecule has 3 unspecified atom stereocenters. The maximum absolute atomic E-state index is 11.7. The van der Waals surface area contributed by atoms with E-state index < -0.39 is 55.2 Å². The summed E-state index contributed by atoms with van der Waals surface area (Å²) < 4.78 is 0. The number of carboxylic acids is 1. The maximum atomic E-state index is 11.7. The van der Waals surface area contributed by atoms with Gasteiger partial charge in [-0.3, -0.25) is 9.59 Å². The van der Waals surface area contributed by atoms with E-state index in [9.17, 15) is 24.6 Å². The molecule has 1 amide bonds. The first-order valence-electron chi connectivity index (χ1n) is 5.99. The number of amides is 1. The first-order valence-corrected chi connectivity index (χ1v) is 5.99. The second kappa shape index (κ2) is 6.75. The zero-order valence-electron chi connectivity index (χ0n) is 10.5. The number of nitrogens with zero attached hydrogens (tertiary/aromatic N) is 1. The lowest BCUT2D eigenvalue weighted by Crippen LogP contribution is -2.49. The van der Waals surface area contributed by atoms with Gasteiger partial charge in [-0.1, -0.05) is 0 Å². The predicted octanol–water partition coefficient (Wildman–Crippen LogP) is -3.29. The third-order valence-electron chi connectivity index (χ3n) is 3.17. The van der Waals surface area contributed by atoms with Gasteiger partial charge in [-0.15, -0.1) is 0 Å². The Balaban J connectivity index is 2.69. The Morgan fingerprint density at radius 1 is 1.30 bits per heavy atom. The maximum Gasteiger partial charge on any atom is 0.326 e. The molecule has 1 saturated heterocycles. The molecule has 0 bridgehead atoms. The molecule has 0 spiro atoms. The van der Waals surface area contributed by atoms with E-state index in [2.05, 4.69) is 0 Å². The van der Waals surface area contributed by atoms with E-state index in [0.717, 1.165) is 4.90 Å². The summed E-state index contributed by atoms with van der Waals surface area (Å²) in [5.41, 5.74) is 0. The Kier molecular flexibility index (Phi) is 5.57. The number of carbonyl (C=O) groups is 3. The number of ketones is 1. The van der Waals surface area contributed by atoms with E-state index in [1.54, 1.807) is 0 Å². The minimum Gasteiger partial charge on any atom is -0.480 e. The Bertz CT molecular complexity index is 398. The highest BCUT2D eigenvalue weighted by molar-refractivity contribution is 5.93. The van der Waals surface area contributed by atoms with E-state index in [4.69, 9.17) is 15.3 Å². The summed E-state index contributed by atoms with van der Waals surface area (Å²) in [6, 6.07) is -1.14. The van der Waals surface area contributed by atoms with E-state index in [-0.39, 0.29) is 12.8 Å². The van der Waals surface area contributed by atoms with Crippen molar-refractivity contribution in [3.8, 4) is 0 Å². The van der Waals surface area contributed by atoms with Crippen molar-refractivity contribution in [1.82, 2.24) is 4.90 Å². The zero-order valence-corrected chi connectivity index (χ0v) is 10.5. The van der Waals surface area contributed by atoms with Crippen molar-refractivity contribution in [2.24, 2.45) is 0 Å². The molecule has 9 nitrogen and oxygen atoms in total. The number of aliphatic hydroxyl groups excluding tert-OH is 4. The number of carbonyl (C=O) groups excluding carboxylic acids is 2. The highest BCUT2D eigenvalue weighted by Gasteiger charge is 2.39. The summed E-state index contributed by atoms with van der Waals surface area (Å²) >= 11 is 0. The fraction of sp³-hybridized carbons (Fsp3) is 0.727. The zero-order chi connectivity index (χ0) is 15.4. The lowest BCUT2D eigenvalue weighted by Gasteiger charge is -2.25. The fourth-order valence-corrected chi connectivity index (χ4v) is 1.96. The van der Waals surface area contributed by atoms with Gasteiger partial charge < -0.3 is 30.4 Å². The molecule has 114 valence electrons. The third-order valence-corrected chi connectivity index (χ3v) is 3.17. The van der Waals surface area contributed by atoms with Crippen LogP contribution in [0.25, 0.3) is 0 Å². The Hall–Kier alpha value is -1.55. The minimum atomic E-state index is -2.01. The first kappa shape index (κ1) is 16.5. The van der Waals surface area contributed by atoms with Crippen LogP contribution >= 0.6 is 0 Å². The lowest BCUT2D eigenvalue weighted by molar-refractivity contribution is -0.150. The van der Waals surface area contributed by atoms with Crippen LogP contribution in [0.2, 0.25) is 0 Å². The van der Waals surface area contributed by atoms with Gasteiger partial charge in [0.25, 0.3) is 0 Å². The molecule has 0 aromatic heterocycles. The highest BCUT2D eigenvalue weighted by atomic mass is 16.4. The molecule has 0 radical (unpaired) electrons. The van der Waals surface area contributed by atoms with Gasteiger partial charge in [-0.05, 0) is 6.42 Å². The van der Waals surface area contributed by atoms with Gasteiger partial charge in [0, 0.05) is 6.42 Å². The summed E-state index contributed by atoms with van der Waals surface area (Å²) in [5, 5.41) is 45.5. The monoisotopic (exact) mass is 291 g/mol. The summed E-state index contributed by atoms with van der Waals surface area (Å²) in [4.78, 5) is 34.9. The first-order chi connectivity index (χ1) is 9.29. The standard InChI is InChI=1S/C11H17NO8/c13-4-7(15)10(18)9(17)6(14)3-12-5(11(19)20)1-2-8(12)16/h5,7,9-10,13,15,17-18H,1-4H2,(H,19,20)/t5-,7?,9?,10?/m0/s1. The number of likely N-dealkylation sites (tertiary alicyclic amines) is 1. The van der Waals surface area contributed by atoms with Crippen LogP contribution in [0.1, 0.15) is 12.8 Å². The van der Waals surface area contributed by atoms with E-state index in [1.165, 1.54) is 0 Å². The van der Waals surface area contributed by atoms with Crippen LogP contribution in [0.3, 0.4) is 0 Å². The number of carboxylic acid groups (broad SMARTS) is 1. The molecule has 1 aliphatic heterocycles.